The van der Waals surface area contributed by atoms with Crippen molar-refractivity contribution >= 4 is 12.1 Å². The maximum absolute atomic E-state index is 12.3. The van der Waals surface area contributed by atoms with Crippen LogP contribution in [-0.2, 0) is 10.3 Å². The van der Waals surface area contributed by atoms with Gasteiger partial charge in [0.1, 0.15) is 23.5 Å². The summed E-state index contributed by atoms with van der Waals surface area (Å²) >= 11 is 0. The van der Waals surface area contributed by atoms with E-state index in [2.05, 4.69) is 0 Å². The number of aromatic carboxylic acids is 1. The highest BCUT2D eigenvalue weighted by Gasteiger charge is 2.55. The molecule has 1 N–H and O–H groups in total. The van der Waals surface area contributed by atoms with Crippen molar-refractivity contribution in [2.75, 3.05) is 13.2 Å². The number of rotatable bonds is 1. The lowest BCUT2D eigenvalue weighted by atomic mass is 9.80. The summed E-state index contributed by atoms with van der Waals surface area (Å²) in [6.45, 7) is 6.43. The van der Waals surface area contributed by atoms with E-state index in [0.717, 1.165) is 12.0 Å². The molecule has 1 fully saturated rings. The molecule has 1 amide bonds. The number of benzene rings is 1. The minimum absolute atomic E-state index is 0.180. The van der Waals surface area contributed by atoms with E-state index in [9.17, 15) is 9.59 Å². The van der Waals surface area contributed by atoms with Gasteiger partial charge in [0.25, 0.3) is 0 Å². The zero-order valence-corrected chi connectivity index (χ0v) is 12.9. The molecule has 1 saturated heterocycles. The molecule has 0 aromatic heterocycles. The van der Waals surface area contributed by atoms with Gasteiger partial charge in [-0.15, -0.1) is 0 Å². The standard InChI is InChI=1S/C16H19NO5/c1-15(2,3)22-14(20)17-7-6-16(17)9-21-12-8-10(13(18)19)4-5-11(12)16/h4-5,8H,6-7,9H2,1-3H3,(H,18,19)/t16-/m1/s1. The Bertz CT molecular complexity index is 648. The average molecular weight is 305 g/mol. The lowest BCUT2D eigenvalue weighted by Gasteiger charge is -2.49. The highest BCUT2D eigenvalue weighted by molar-refractivity contribution is 5.88. The summed E-state index contributed by atoms with van der Waals surface area (Å²) in [5, 5.41) is 9.05. The molecule has 118 valence electrons. The monoisotopic (exact) mass is 305 g/mol. The first-order valence-corrected chi connectivity index (χ1v) is 7.24. The van der Waals surface area contributed by atoms with Crippen LogP contribution >= 0.6 is 0 Å². The van der Waals surface area contributed by atoms with Crippen molar-refractivity contribution < 1.29 is 24.2 Å². The van der Waals surface area contributed by atoms with Crippen LogP contribution in [0, 0.1) is 0 Å². The summed E-state index contributed by atoms with van der Waals surface area (Å²) in [7, 11) is 0. The minimum atomic E-state index is -0.995. The second-order valence-electron chi connectivity index (χ2n) is 6.72. The summed E-state index contributed by atoms with van der Waals surface area (Å²) in [5.41, 5.74) is -0.0357. The molecular weight excluding hydrogens is 286 g/mol. The molecule has 2 heterocycles. The maximum atomic E-state index is 12.3. The zero-order valence-electron chi connectivity index (χ0n) is 12.9. The van der Waals surface area contributed by atoms with E-state index in [1.165, 1.54) is 6.07 Å². The van der Waals surface area contributed by atoms with Crippen LogP contribution in [0.4, 0.5) is 4.79 Å². The van der Waals surface area contributed by atoms with Gasteiger partial charge in [0.05, 0.1) is 5.56 Å². The SMILES string of the molecule is CC(C)(C)OC(=O)N1CC[C@]12COc1cc(C(=O)O)ccc12. The lowest BCUT2D eigenvalue weighted by Crippen LogP contribution is -2.61. The van der Waals surface area contributed by atoms with Crippen molar-refractivity contribution in [2.24, 2.45) is 0 Å². The molecule has 6 heteroatoms. The van der Waals surface area contributed by atoms with Gasteiger partial charge >= 0.3 is 12.1 Å². The van der Waals surface area contributed by atoms with Crippen molar-refractivity contribution in [1.82, 2.24) is 4.90 Å². The molecule has 2 aliphatic rings. The largest absolute Gasteiger partial charge is 0.490 e. The Morgan fingerprint density at radius 1 is 1.36 bits per heavy atom. The van der Waals surface area contributed by atoms with Gasteiger partial charge in [-0.2, -0.15) is 0 Å². The van der Waals surface area contributed by atoms with Crippen LogP contribution in [0.5, 0.6) is 5.75 Å². The maximum Gasteiger partial charge on any atom is 0.411 e. The van der Waals surface area contributed by atoms with Crippen molar-refractivity contribution in [3.8, 4) is 5.75 Å². The van der Waals surface area contributed by atoms with Crippen LogP contribution in [-0.4, -0.2) is 40.8 Å². The van der Waals surface area contributed by atoms with Gasteiger partial charge in [0, 0.05) is 12.1 Å². The summed E-state index contributed by atoms with van der Waals surface area (Å²) in [6, 6.07) is 4.80. The van der Waals surface area contributed by atoms with Gasteiger partial charge in [0.2, 0.25) is 0 Å². The third-order valence-electron chi connectivity index (χ3n) is 4.08. The Balaban J connectivity index is 1.88. The normalized spacial score (nSPS) is 22.8. The lowest BCUT2D eigenvalue weighted by molar-refractivity contribution is -0.0539. The number of carbonyl (C=O) groups excluding carboxylic acids is 1. The Hall–Kier alpha value is -2.24. The number of hydrogen-bond donors (Lipinski definition) is 1. The van der Waals surface area contributed by atoms with E-state index in [4.69, 9.17) is 14.6 Å². The molecule has 3 rings (SSSR count). The van der Waals surface area contributed by atoms with Gasteiger partial charge < -0.3 is 14.6 Å². The van der Waals surface area contributed by atoms with Crippen molar-refractivity contribution in [3.05, 3.63) is 29.3 Å². The van der Waals surface area contributed by atoms with Crippen LogP contribution < -0.4 is 4.74 Å². The van der Waals surface area contributed by atoms with Gasteiger partial charge in [-0.05, 0) is 39.3 Å². The first-order chi connectivity index (χ1) is 10.2. The number of carboxylic acid groups (broad SMARTS) is 1. The van der Waals surface area contributed by atoms with E-state index in [0.29, 0.717) is 18.9 Å². The quantitative estimate of drug-likeness (QED) is 0.863. The number of ether oxygens (including phenoxy) is 2. The van der Waals surface area contributed by atoms with E-state index < -0.39 is 17.1 Å². The highest BCUT2D eigenvalue weighted by atomic mass is 16.6. The third kappa shape index (κ3) is 2.19. The number of amides is 1. The van der Waals surface area contributed by atoms with Crippen LogP contribution in [0.15, 0.2) is 18.2 Å². The summed E-state index contributed by atoms with van der Waals surface area (Å²) in [6.07, 6.45) is 0.420. The van der Waals surface area contributed by atoms with Gasteiger partial charge in [-0.1, -0.05) is 6.07 Å². The summed E-state index contributed by atoms with van der Waals surface area (Å²) in [4.78, 5) is 25.0. The molecule has 0 saturated carbocycles. The van der Waals surface area contributed by atoms with Gasteiger partial charge in [0.15, 0.2) is 0 Å². The third-order valence-corrected chi connectivity index (χ3v) is 4.08. The molecule has 1 aromatic rings. The number of fused-ring (bicyclic) bond motifs is 2. The average Bonchev–Trinajstić information content (AvgIpc) is 2.75. The van der Waals surface area contributed by atoms with Crippen molar-refractivity contribution in [2.45, 2.75) is 38.3 Å². The molecule has 1 aromatic carbocycles. The fourth-order valence-electron chi connectivity index (χ4n) is 2.94. The Morgan fingerprint density at radius 2 is 2.09 bits per heavy atom. The molecule has 22 heavy (non-hydrogen) atoms. The van der Waals surface area contributed by atoms with Gasteiger partial charge in [-0.25, -0.2) is 9.59 Å². The zero-order chi connectivity index (χ0) is 16.1. The number of carbonyl (C=O) groups is 2. The number of nitrogens with zero attached hydrogens (tertiary/aromatic N) is 1. The van der Waals surface area contributed by atoms with Crippen LogP contribution in [0.25, 0.3) is 0 Å². The van der Waals surface area contributed by atoms with Crippen LogP contribution in [0.1, 0.15) is 43.1 Å². The number of hydrogen-bond acceptors (Lipinski definition) is 4. The predicted molar refractivity (Wildman–Crippen MR) is 78.1 cm³/mol. The second kappa shape index (κ2) is 4.63. The van der Waals surface area contributed by atoms with E-state index in [1.54, 1.807) is 17.0 Å². The van der Waals surface area contributed by atoms with Crippen LogP contribution in [0.2, 0.25) is 0 Å². The second-order valence-corrected chi connectivity index (χ2v) is 6.72. The molecule has 0 bridgehead atoms. The fraction of sp³-hybridized carbons (Fsp3) is 0.500. The topological polar surface area (TPSA) is 76.1 Å². The van der Waals surface area contributed by atoms with Crippen molar-refractivity contribution in [3.63, 3.8) is 0 Å². The highest BCUT2D eigenvalue weighted by Crippen LogP contribution is 2.49. The summed E-state index contributed by atoms with van der Waals surface area (Å²) < 4.78 is 11.1. The molecular formula is C16H19NO5. The first-order valence-electron chi connectivity index (χ1n) is 7.24. The Morgan fingerprint density at radius 3 is 2.64 bits per heavy atom. The Kier molecular flexibility index (Phi) is 3.09. The van der Waals surface area contributed by atoms with E-state index in [-0.39, 0.29) is 11.7 Å². The molecule has 0 unspecified atom stereocenters. The molecule has 1 atom stereocenters. The predicted octanol–water partition coefficient (Wildman–Crippen LogP) is 2.61. The van der Waals surface area contributed by atoms with E-state index >= 15 is 0 Å². The minimum Gasteiger partial charge on any atom is -0.490 e. The number of likely N-dealkylation sites (tertiary alicyclic amines) is 1. The van der Waals surface area contributed by atoms with Gasteiger partial charge in [-0.3, -0.25) is 4.90 Å². The van der Waals surface area contributed by atoms with Crippen LogP contribution in [0.3, 0.4) is 0 Å². The molecule has 0 aliphatic carbocycles. The molecule has 2 aliphatic heterocycles. The molecule has 1 spiro atoms. The smallest absolute Gasteiger partial charge is 0.411 e. The molecule has 0 radical (unpaired) electrons. The Labute approximate surface area is 128 Å². The van der Waals surface area contributed by atoms with Crippen molar-refractivity contribution in [1.29, 1.82) is 0 Å². The number of carboxylic acids is 1. The van der Waals surface area contributed by atoms with E-state index in [1.807, 2.05) is 20.8 Å². The summed E-state index contributed by atoms with van der Waals surface area (Å²) in [5.74, 6) is -0.460. The first kappa shape index (κ1) is 14.7. The fourth-order valence-corrected chi connectivity index (χ4v) is 2.94. The molecule has 6 nitrogen and oxygen atoms in total.